The smallest absolute Gasteiger partial charge is 0.332 e. The summed E-state index contributed by atoms with van der Waals surface area (Å²) < 4.78 is 41.3. The summed E-state index contributed by atoms with van der Waals surface area (Å²) in [6, 6.07) is 7.23. The van der Waals surface area contributed by atoms with Gasteiger partial charge in [-0.3, -0.25) is 10.1 Å². The monoisotopic (exact) mass is 427 g/mol. The Bertz CT molecular complexity index is 999. The van der Waals surface area contributed by atoms with Gasteiger partial charge in [0.25, 0.3) is 5.69 Å². The van der Waals surface area contributed by atoms with Gasteiger partial charge in [-0.25, -0.2) is 4.98 Å². The quantitative estimate of drug-likeness (QED) is 0.323. The van der Waals surface area contributed by atoms with Gasteiger partial charge < -0.3 is 4.57 Å². The van der Waals surface area contributed by atoms with Crippen LogP contribution in [0.15, 0.2) is 41.1 Å². The average molecular weight is 428 g/mol. The summed E-state index contributed by atoms with van der Waals surface area (Å²) in [6.45, 7) is 2.03. The SMILES string of the molecule is Cc1ccc(CCn2ccc3c(C(F)(F)F)cc(Br)nc32)c([N+](=O)[O-])c1. The van der Waals surface area contributed by atoms with Crippen LogP contribution in [0.1, 0.15) is 16.7 Å². The third kappa shape index (κ3) is 3.57. The van der Waals surface area contributed by atoms with Gasteiger partial charge in [0, 0.05) is 29.8 Å². The van der Waals surface area contributed by atoms with E-state index in [1.807, 2.05) is 0 Å². The molecule has 0 aliphatic heterocycles. The highest BCUT2D eigenvalue weighted by atomic mass is 79.9. The average Bonchev–Trinajstić information content (AvgIpc) is 2.94. The van der Waals surface area contributed by atoms with Crippen molar-refractivity contribution in [2.45, 2.75) is 26.1 Å². The van der Waals surface area contributed by atoms with E-state index in [9.17, 15) is 23.3 Å². The van der Waals surface area contributed by atoms with Gasteiger partial charge in [0.05, 0.1) is 10.5 Å². The molecule has 0 fully saturated rings. The zero-order valence-corrected chi connectivity index (χ0v) is 15.1. The molecule has 0 bridgehead atoms. The molecular weight excluding hydrogens is 415 g/mol. The molecule has 2 aromatic heterocycles. The van der Waals surface area contributed by atoms with Gasteiger partial charge in [0.1, 0.15) is 10.3 Å². The zero-order valence-electron chi connectivity index (χ0n) is 13.5. The van der Waals surface area contributed by atoms with Gasteiger partial charge in [-0.2, -0.15) is 13.2 Å². The molecule has 26 heavy (non-hydrogen) atoms. The highest BCUT2D eigenvalue weighted by Crippen LogP contribution is 2.36. The number of alkyl halides is 3. The second-order valence-electron chi connectivity index (χ2n) is 5.88. The van der Waals surface area contributed by atoms with E-state index in [-0.39, 0.29) is 27.9 Å². The maximum atomic E-state index is 13.2. The first-order valence-corrected chi connectivity index (χ1v) is 8.42. The Labute approximate surface area is 154 Å². The van der Waals surface area contributed by atoms with Crippen molar-refractivity contribution in [3.63, 3.8) is 0 Å². The number of rotatable bonds is 4. The molecule has 0 atom stereocenters. The van der Waals surface area contributed by atoms with Crippen molar-refractivity contribution >= 4 is 32.7 Å². The van der Waals surface area contributed by atoms with Crippen molar-refractivity contribution in [2.75, 3.05) is 0 Å². The Balaban J connectivity index is 1.96. The van der Waals surface area contributed by atoms with Crippen LogP contribution >= 0.6 is 15.9 Å². The zero-order chi connectivity index (χ0) is 19.1. The number of aryl methyl sites for hydroxylation is 3. The van der Waals surface area contributed by atoms with E-state index in [1.165, 1.54) is 18.3 Å². The van der Waals surface area contributed by atoms with Crippen LogP contribution in [-0.4, -0.2) is 14.5 Å². The van der Waals surface area contributed by atoms with Gasteiger partial charge in [0.2, 0.25) is 0 Å². The van der Waals surface area contributed by atoms with Gasteiger partial charge in [-0.15, -0.1) is 0 Å². The fourth-order valence-corrected chi connectivity index (χ4v) is 3.24. The fraction of sp³-hybridized carbons (Fsp3) is 0.235. The summed E-state index contributed by atoms with van der Waals surface area (Å²) in [5.74, 6) is 0. The summed E-state index contributed by atoms with van der Waals surface area (Å²) in [5, 5.41) is 11.2. The molecule has 0 aliphatic rings. The molecule has 0 unspecified atom stereocenters. The second kappa shape index (κ2) is 6.71. The predicted octanol–water partition coefficient (Wildman–Crippen LogP) is 5.28. The molecule has 0 saturated heterocycles. The third-order valence-electron chi connectivity index (χ3n) is 4.07. The molecule has 2 heterocycles. The molecule has 3 aromatic rings. The second-order valence-corrected chi connectivity index (χ2v) is 6.69. The number of aromatic nitrogens is 2. The van der Waals surface area contributed by atoms with Crippen molar-refractivity contribution < 1.29 is 18.1 Å². The van der Waals surface area contributed by atoms with Gasteiger partial charge >= 0.3 is 6.18 Å². The number of hydrogen-bond donors (Lipinski definition) is 0. The summed E-state index contributed by atoms with van der Waals surface area (Å²) >= 11 is 3.02. The molecule has 0 aliphatic carbocycles. The highest BCUT2D eigenvalue weighted by molar-refractivity contribution is 9.10. The maximum Gasteiger partial charge on any atom is 0.417 e. The van der Waals surface area contributed by atoms with Crippen LogP contribution in [0.25, 0.3) is 11.0 Å². The number of benzene rings is 1. The lowest BCUT2D eigenvalue weighted by Crippen LogP contribution is -2.08. The van der Waals surface area contributed by atoms with Crippen molar-refractivity contribution in [1.29, 1.82) is 0 Å². The van der Waals surface area contributed by atoms with E-state index >= 15 is 0 Å². The van der Waals surface area contributed by atoms with Gasteiger partial charge in [-0.1, -0.05) is 12.1 Å². The molecule has 0 radical (unpaired) electrons. The standard InChI is InChI=1S/C17H13BrF3N3O2/c1-10-2-3-11(14(8-10)24(25)26)4-6-23-7-5-12-13(17(19,20)21)9-15(18)22-16(12)23/h2-3,5,7-9H,4,6H2,1H3. The number of hydrogen-bond acceptors (Lipinski definition) is 3. The van der Waals surface area contributed by atoms with E-state index in [0.717, 1.165) is 11.6 Å². The topological polar surface area (TPSA) is 61.0 Å². The summed E-state index contributed by atoms with van der Waals surface area (Å²) in [7, 11) is 0. The van der Waals surface area contributed by atoms with E-state index in [4.69, 9.17) is 0 Å². The third-order valence-corrected chi connectivity index (χ3v) is 4.47. The van der Waals surface area contributed by atoms with Crippen LogP contribution in [0.4, 0.5) is 18.9 Å². The summed E-state index contributed by atoms with van der Waals surface area (Å²) in [4.78, 5) is 14.9. The Morgan fingerprint density at radius 1 is 1.27 bits per heavy atom. The highest BCUT2D eigenvalue weighted by Gasteiger charge is 2.34. The van der Waals surface area contributed by atoms with Crippen molar-refractivity contribution in [2.24, 2.45) is 0 Å². The normalized spacial score (nSPS) is 11.9. The molecular formula is C17H13BrF3N3O2. The minimum atomic E-state index is -4.49. The van der Waals surface area contributed by atoms with Crippen LogP contribution in [0.3, 0.4) is 0 Å². The number of fused-ring (bicyclic) bond motifs is 1. The molecule has 9 heteroatoms. The molecule has 0 saturated carbocycles. The van der Waals surface area contributed by atoms with Crippen LogP contribution in [0.2, 0.25) is 0 Å². The van der Waals surface area contributed by atoms with E-state index in [1.54, 1.807) is 23.6 Å². The number of nitro benzene ring substituents is 1. The molecule has 1 aromatic carbocycles. The predicted molar refractivity (Wildman–Crippen MR) is 94.0 cm³/mol. The minimum absolute atomic E-state index is 0.000828. The molecule has 0 spiro atoms. The van der Waals surface area contributed by atoms with E-state index in [2.05, 4.69) is 20.9 Å². The molecule has 0 N–H and O–H groups in total. The largest absolute Gasteiger partial charge is 0.417 e. The first-order chi connectivity index (χ1) is 12.2. The first-order valence-electron chi connectivity index (χ1n) is 7.63. The number of nitro groups is 1. The first kappa shape index (κ1) is 18.4. The number of nitrogens with zero attached hydrogens (tertiary/aromatic N) is 3. The molecule has 0 amide bonds. The number of halogens is 4. The Kier molecular flexibility index (Phi) is 4.74. The van der Waals surface area contributed by atoms with Gasteiger partial charge in [0.15, 0.2) is 0 Å². The van der Waals surface area contributed by atoms with Crippen LogP contribution < -0.4 is 0 Å². The Morgan fingerprint density at radius 2 is 2.00 bits per heavy atom. The number of pyridine rings is 1. The summed E-state index contributed by atoms with van der Waals surface area (Å²) in [5.41, 5.74) is 0.711. The van der Waals surface area contributed by atoms with Crippen molar-refractivity contribution in [3.8, 4) is 0 Å². The lowest BCUT2D eigenvalue weighted by atomic mass is 10.1. The van der Waals surface area contributed by atoms with E-state index in [0.29, 0.717) is 12.0 Å². The minimum Gasteiger partial charge on any atom is -0.332 e. The maximum absolute atomic E-state index is 13.2. The Morgan fingerprint density at radius 3 is 2.65 bits per heavy atom. The van der Waals surface area contributed by atoms with E-state index < -0.39 is 16.7 Å². The molecule has 136 valence electrons. The van der Waals surface area contributed by atoms with Crippen molar-refractivity contribution in [1.82, 2.24) is 9.55 Å². The lowest BCUT2D eigenvalue weighted by molar-refractivity contribution is -0.385. The Hall–Kier alpha value is -2.42. The molecule has 5 nitrogen and oxygen atoms in total. The fourth-order valence-electron chi connectivity index (χ4n) is 2.84. The lowest BCUT2D eigenvalue weighted by Gasteiger charge is -2.10. The summed E-state index contributed by atoms with van der Waals surface area (Å²) in [6.07, 6.45) is -2.68. The van der Waals surface area contributed by atoms with Crippen LogP contribution in [0.5, 0.6) is 0 Å². The van der Waals surface area contributed by atoms with Crippen molar-refractivity contribution in [3.05, 3.63) is 67.9 Å². The van der Waals surface area contributed by atoms with Gasteiger partial charge in [-0.05, 0) is 47.0 Å². The van der Waals surface area contributed by atoms with Crippen LogP contribution in [-0.2, 0) is 19.1 Å². The van der Waals surface area contributed by atoms with Crippen LogP contribution in [0, 0.1) is 17.0 Å². The molecule has 3 rings (SSSR count).